The first-order valence-corrected chi connectivity index (χ1v) is 5.36. The van der Waals surface area contributed by atoms with Crippen LogP contribution in [0.25, 0.3) is 0 Å². The van der Waals surface area contributed by atoms with Gasteiger partial charge in [0.25, 0.3) is 5.91 Å². The fourth-order valence-electron chi connectivity index (χ4n) is 1.13. The molecule has 0 fully saturated rings. The maximum atomic E-state index is 11.7. The molecule has 84 valence electrons. The van der Waals surface area contributed by atoms with E-state index in [1.165, 1.54) is 12.1 Å². The molecule has 0 aliphatic carbocycles. The Hall–Kier alpha value is -1.24. The van der Waals surface area contributed by atoms with Crippen LogP contribution < -0.4 is 5.32 Å². The van der Waals surface area contributed by atoms with Crippen LogP contribution in [0.15, 0.2) is 12.1 Å². The summed E-state index contributed by atoms with van der Waals surface area (Å²) >= 11 is 11.4. The van der Waals surface area contributed by atoms with Crippen LogP contribution in [0.5, 0.6) is 0 Å². The van der Waals surface area contributed by atoms with Crippen molar-refractivity contribution in [1.29, 1.82) is 0 Å². The fraction of sp³-hybridized carbons (Fsp3) is 0.273. The molecule has 0 aromatic carbocycles. The van der Waals surface area contributed by atoms with Gasteiger partial charge in [-0.25, -0.2) is 4.98 Å². The van der Waals surface area contributed by atoms with Gasteiger partial charge >= 0.3 is 0 Å². The van der Waals surface area contributed by atoms with Crippen LogP contribution in [-0.2, 0) is 0 Å². The molecule has 0 aliphatic heterocycles. The molecule has 3 nitrogen and oxygen atoms in total. The fourth-order valence-corrected chi connectivity index (χ4v) is 1.59. The van der Waals surface area contributed by atoms with E-state index in [1.54, 1.807) is 0 Å². The number of pyridine rings is 1. The Labute approximate surface area is 104 Å². The van der Waals surface area contributed by atoms with Gasteiger partial charge in [-0.2, -0.15) is 0 Å². The van der Waals surface area contributed by atoms with Crippen LogP contribution in [0.2, 0.25) is 10.3 Å². The molecule has 0 radical (unpaired) electrons. The SMILES string of the molecule is C#CCC(C)NC(=O)c1cc(Cl)nc(Cl)c1. The van der Waals surface area contributed by atoms with Gasteiger partial charge in [-0.3, -0.25) is 4.79 Å². The van der Waals surface area contributed by atoms with Gasteiger partial charge in [0.15, 0.2) is 0 Å². The molecule has 1 heterocycles. The number of aromatic nitrogens is 1. The van der Waals surface area contributed by atoms with Crippen LogP contribution in [-0.4, -0.2) is 16.9 Å². The summed E-state index contributed by atoms with van der Waals surface area (Å²) in [5.41, 5.74) is 0.369. The van der Waals surface area contributed by atoms with Gasteiger partial charge in [-0.15, -0.1) is 12.3 Å². The first kappa shape index (κ1) is 12.8. The van der Waals surface area contributed by atoms with E-state index in [1.807, 2.05) is 6.92 Å². The van der Waals surface area contributed by atoms with Gasteiger partial charge in [-0.05, 0) is 19.1 Å². The molecule has 0 spiro atoms. The molecule has 1 N–H and O–H groups in total. The largest absolute Gasteiger partial charge is 0.349 e. The molecule has 0 saturated heterocycles. The summed E-state index contributed by atoms with van der Waals surface area (Å²) in [6, 6.07) is 2.81. The molecular weight excluding hydrogens is 247 g/mol. The number of terminal acetylenes is 1. The zero-order valence-corrected chi connectivity index (χ0v) is 10.1. The maximum Gasteiger partial charge on any atom is 0.251 e. The van der Waals surface area contributed by atoms with Gasteiger partial charge in [0.1, 0.15) is 10.3 Å². The monoisotopic (exact) mass is 256 g/mol. The highest BCUT2D eigenvalue weighted by Crippen LogP contribution is 2.14. The normalized spacial score (nSPS) is 11.6. The summed E-state index contributed by atoms with van der Waals surface area (Å²) in [5.74, 6) is 2.20. The van der Waals surface area contributed by atoms with E-state index in [0.29, 0.717) is 12.0 Å². The number of hydrogen-bond donors (Lipinski definition) is 1. The smallest absolute Gasteiger partial charge is 0.251 e. The molecule has 5 heteroatoms. The van der Waals surface area contributed by atoms with E-state index < -0.39 is 0 Å². The maximum absolute atomic E-state index is 11.7. The summed E-state index contributed by atoms with van der Waals surface area (Å²) in [4.78, 5) is 15.5. The van der Waals surface area contributed by atoms with Crippen LogP contribution >= 0.6 is 23.2 Å². The molecule has 1 rings (SSSR count). The molecule has 1 atom stereocenters. The van der Waals surface area contributed by atoms with E-state index in [0.717, 1.165) is 0 Å². The third kappa shape index (κ3) is 3.73. The average Bonchev–Trinajstić information content (AvgIpc) is 2.16. The van der Waals surface area contributed by atoms with Crippen molar-refractivity contribution < 1.29 is 4.79 Å². The van der Waals surface area contributed by atoms with Gasteiger partial charge in [0.2, 0.25) is 0 Å². The number of rotatable bonds is 3. The first-order chi connectivity index (χ1) is 7.52. The van der Waals surface area contributed by atoms with Crippen molar-refractivity contribution in [2.45, 2.75) is 19.4 Å². The number of carbonyl (C=O) groups excluding carboxylic acids is 1. The van der Waals surface area contributed by atoms with Crippen molar-refractivity contribution in [2.75, 3.05) is 0 Å². The average molecular weight is 257 g/mol. The zero-order valence-electron chi connectivity index (χ0n) is 8.63. The molecule has 0 bridgehead atoms. The second kappa shape index (κ2) is 5.74. The van der Waals surface area contributed by atoms with Crippen LogP contribution in [0.4, 0.5) is 0 Å². The highest BCUT2D eigenvalue weighted by molar-refractivity contribution is 6.33. The molecule has 1 unspecified atom stereocenters. The van der Waals surface area contributed by atoms with Crippen LogP contribution in [0, 0.1) is 12.3 Å². The number of halogens is 2. The number of carbonyl (C=O) groups is 1. The third-order valence-corrected chi connectivity index (χ3v) is 2.21. The summed E-state index contributed by atoms with van der Waals surface area (Å²) in [7, 11) is 0. The lowest BCUT2D eigenvalue weighted by Crippen LogP contribution is -2.32. The summed E-state index contributed by atoms with van der Waals surface area (Å²) < 4.78 is 0. The van der Waals surface area contributed by atoms with Gasteiger partial charge in [0.05, 0.1) is 0 Å². The minimum atomic E-state index is -0.269. The Morgan fingerprint density at radius 2 is 2.12 bits per heavy atom. The molecular formula is C11H10Cl2N2O. The van der Waals surface area contributed by atoms with Crippen molar-refractivity contribution in [3.05, 3.63) is 28.0 Å². The molecule has 1 aromatic heterocycles. The minimum Gasteiger partial charge on any atom is -0.349 e. The van der Waals surface area contributed by atoms with E-state index in [-0.39, 0.29) is 22.3 Å². The van der Waals surface area contributed by atoms with E-state index in [9.17, 15) is 4.79 Å². The molecule has 16 heavy (non-hydrogen) atoms. The Morgan fingerprint density at radius 1 is 1.56 bits per heavy atom. The molecule has 0 aliphatic rings. The minimum absolute atomic E-state index is 0.0942. The lowest BCUT2D eigenvalue weighted by Gasteiger charge is -2.10. The highest BCUT2D eigenvalue weighted by atomic mass is 35.5. The zero-order chi connectivity index (χ0) is 12.1. The highest BCUT2D eigenvalue weighted by Gasteiger charge is 2.10. The van der Waals surface area contributed by atoms with Crippen molar-refractivity contribution in [1.82, 2.24) is 10.3 Å². The second-order valence-corrected chi connectivity index (χ2v) is 4.06. The Bertz CT molecular complexity index is 420. The van der Waals surface area contributed by atoms with Gasteiger partial charge in [0, 0.05) is 18.0 Å². The lowest BCUT2D eigenvalue weighted by atomic mass is 10.2. The van der Waals surface area contributed by atoms with E-state index in [2.05, 4.69) is 16.2 Å². The number of hydrogen-bond acceptors (Lipinski definition) is 2. The third-order valence-electron chi connectivity index (χ3n) is 1.83. The standard InChI is InChI=1S/C11H10Cl2N2O/c1-3-4-7(2)14-11(16)8-5-9(12)15-10(13)6-8/h1,5-7H,4H2,2H3,(H,14,16). The van der Waals surface area contributed by atoms with E-state index >= 15 is 0 Å². The van der Waals surface area contributed by atoms with Gasteiger partial charge < -0.3 is 5.32 Å². The molecule has 1 amide bonds. The quantitative estimate of drug-likeness (QED) is 0.667. The lowest BCUT2D eigenvalue weighted by molar-refractivity contribution is 0.0941. The summed E-state index contributed by atoms with van der Waals surface area (Å²) in [5, 5.41) is 3.09. The van der Waals surface area contributed by atoms with Crippen molar-refractivity contribution >= 4 is 29.1 Å². The van der Waals surface area contributed by atoms with E-state index in [4.69, 9.17) is 29.6 Å². The Balaban J connectivity index is 2.77. The van der Waals surface area contributed by atoms with Crippen LogP contribution in [0.1, 0.15) is 23.7 Å². The number of nitrogens with one attached hydrogen (secondary N) is 1. The number of nitrogens with zero attached hydrogens (tertiary/aromatic N) is 1. The van der Waals surface area contributed by atoms with Crippen molar-refractivity contribution in [3.8, 4) is 12.3 Å². The predicted octanol–water partition coefficient (Wildman–Crippen LogP) is 2.53. The number of amides is 1. The Morgan fingerprint density at radius 3 is 2.62 bits per heavy atom. The predicted molar refractivity (Wildman–Crippen MR) is 64.6 cm³/mol. The Kier molecular flexibility index (Phi) is 4.60. The van der Waals surface area contributed by atoms with Crippen molar-refractivity contribution in [3.63, 3.8) is 0 Å². The first-order valence-electron chi connectivity index (χ1n) is 4.60. The van der Waals surface area contributed by atoms with Gasteiger partial charge in [-0.1, -0.05) is 23.2 Å². The second-order valence-electron chi connectivity index (χ2n) is 3.28. The molecule has 1 aromatic rings. The summed E-state index contributed by atoms with van der Waals surface area (Å²) in [6.45, 7) is 1.82. The van der Waals surface area contributed by atoms with Crippen LogP contribution in [0.3, 0.4) is 0 Å². The summed E-state index contributed by atoms with van der Waals surface area (Å²) in [6.07, 6.45) is 5.61. The van der Waals surface area contributed by atoms with Crippen molar-refractivity contribution in [2.24, 2.45) is 0 Å². The topological polar surface area (TPSA) is 42.0 Å². The molecule has 0 saturated carbocycles.